The van der Waals surface area contributed by atoms with Crippen LogP contribution in [0.1, 0.15) is 35.2 Å². The highest BCUT2D eigenvalue weighted by molar-refractivity contribution is 6.31. The van der Waals surface area contributed by atoms with Crippen molar-refractivity contribution in [2.75, 3.05) is 10.6 Å². The van der Waals surface area contributed by atoms with Crippen LogP contribution in [0, 0.1) is 6.92 Å². The van der Waals surface area contributed by atoms with Crippen LogP contribution in [-0.2, 0) is 9.59 Å². The first-order valence-corrected chi connectivity index (χ1v) is 8.43. The van der Waals surface area contributed by atoms with Gasteiger partial charge in [0, 0.05) is 34.8 Å². The Balaban J connectivity index is 1.94. The average Bonchev–Trinajstić information content (AvgIpc) is 2.59. The Hall–Kier alpha value is -2.86. The lowest BCUT2D eigenvalue weighted by Gasteiger charge is -2.10. The molecule has 0 aromatic heterocycles. The van der Waals surface area contributed by atoms with Crippen molar-refractivity contribution in [3.8, 4) is 0 Å². The number of carboxylic acid groups (broad SMARTS) is 1. The highest BCUT2D eigenvalue weighted by Gasteiger charge is 2.10. The number of anilines is 2. The summed E-state index contributed by atoms with van der Waals surface area (Å²) in [5, 5.41) is 14.6. The predicted octanol–water partition coefficient (Wildman–Crippen LogP) is 4.09. The second-order valence-electron chi connectivity index (χ2n) is 5.74. The Labute approximate surface area is 156 Å². The van der Waals surface area contributed by atoms with Crippen LogP contribution in [0.25, 0.3) is 0 Å². The number of nitrogens with one attached hydrogen (secondary N) is 2. The first-order valence-electron chi connectivity index (χ1n) is 8.05. The molecule has 0 spiro atoms. The zero-order valence-corrected chi connectivity index (χ0v) is 15.0. The summed E-state index contributed by atoms with van der Waals surface area (Å²) in [5.41, 5.74) is 2.40. The van der Waals surface area contributed by atoms with Gasteiger partial charge >= 0.3 is 5.97 Å². The third-order valence-electron chi connectivity index (χ3n) is 3.74. The van der Waals surface area contributed by atoms with Crippen molar-refractivity contribution >= 4 is 40.8 Å². The van der Waals surface area contributed by atoms with Gasteiger partial charge < -0.3 is 15.7 Å². The summed E-state index contributed by atoms with van der Waals surface area (Å²) in [6, 6.07) is 11.7. The number of amides is 2. The highest BCUT2D eigenvalue weighted by Crippen LogP contribution is 2.23. The number of halogens is 1. The van der Waals surface area contributed by atoms with Crippen LogP contribution in [-0.4, -0.2) is 22.9 Å². The maximum atomic E-state index is 12.3. The summed E-state index contributed by atoms with van der Waals surface area (Å²) in [6.45, 7) is 1.82. The van der Waals surface area contributed by atoms with Gasteiger partial charge in [-0.2, -0.15) is 0 Å². The smallest absolute Gasteiger partial charge is 0.303 e. The zero-order valence-electron chi connectivity index (χ0n) is 14.2. The van der Waals surface area contributed by atoms with Gasteiger partial charge in [-0.3, -0.25) is 14.4 Å². The van der Waals surface area contributed by atoms with Gasteiger partial charge in [-0.1, -0.05) is 17.7 Å². The lowest BCUT2D eigenvalue weighted by molar-refractivity contribution is -0.137. The van der Waals surface area contributed by atoms with Crippen LogP contribution in [0.2, 0.25) is 5.02 Å². The Bertz CT molecular complexity index is 819. The van der Waals surface area contributed by atoms with Crippen LogP contribution in [0.5, 0.6) is 0 Å². The van der Waals surface area contributed by atoms with E-state index in [4.69, 9.17) is 16.7 Å². The second-order valence-corrected chi connectivity index (χ2v) is 6.15. The van der Waals surface area contributed by atoms with Crippen LogP contribution in [0.15, 0.2) is 42.5 Å². The topological polar surface area (TPSA) is 95.5 Å². The molecular weight excluding hydrogens is 356 g/mol. The van der Waals surface area contributed by atoms with Gasteiger partial charge in [0.2, 0.25) is 5.91 Å². The van der Waals surface area contributed by atoms with E-state index >= 15 is 0 Å². The molecule has 0 aliphatic heterocycles. The molecule has 0 bridgehead atoms. The number of carboxylic acids is 1. The SMILES string of the molecule is Cc1c(Cl)cccc1NC(=O)c1ccc(NC(=O)CCCC(=O)O)cc1. The molecule has 0 saturated carbocycles. The van der Waals surface area contributed by atoms with E-state index in [1.807, 2.05) is 6.92 Å². The fourth-order valence-electron chi connectivity index (χ4n) is 2.27. The number of rotatable bonds is 7. The number of hydrogen-bond acceptors (Lipinski definition) is 3. The van der Waals surface area contributed by atoms with E-state index in [-0.39, 0.29) is 31.1 Å². The molecule has 2 aromatic rings. The van der Waals surface area contributed by atoms with Crippen molar-refractivity contribution < 1.29 is 19.5 Å². The van der Waals surface area contributed by atoms with E-state index in [9.17, 15) is 14.4 Å². The van der Waals surface area contributed by atoms with Gasteiger partial charge in [-0.25, -0.2) is 0 Å². The normalized spacial score (nSPS) is 10.2. The van der Waals surface area contributed by atoms with Gasteiger partial charge in [0.1, 0.15) is 0 Å². The molecule has 2 amide bonds. The first kappa shape index (κ1) is 19.5. The Morgan fingerprint density at radius 2 is 1.69 bits per heavy atom. The molecule has 6 nitrogen and oxygen atoms in total. The van der Waals surface area contributed by atoms with Crippen LogP contribution in [0.4, 0.5) is 11.4 Å². The molecule has 2 rings (SSSR count). The van der Waals surface area contributed by atoms with E-state index in [0.29, 0.717) is 22.0 Å². The van der Waals surface area contributed by atoms with Crippen molar-refractivity contribution in [1.82, 2.24) is 0 Å². The van der Waals surface area contributed by atoms with E-state index in [1.165, 1.54) is 0 Å². The summed E-state index contributed by atoms with van der Waals surface area (Å²) in [7, 11) is 0. The molecule has 0 heterocycles. The van der Waals surface area contributed by atoms with E-state index in [0.717, 1.165) is 5.56 Å². The summed E-state index contributed by atoms with van der Waals surface area (Å²) < 4.78 is 0. The summed E-state index contributed by atoms with van der Waals surface area (Å²) >= 11 is 6.04. The van der Waals surface area contributed by atoms with Crippen molar-refractivity contribution in [2.24, 2.45) is 0 Å². The fraction of sp³-hybridized carbons (Fsp3) is 0.211. The molecule has 2 aromatic carbocycles. The molecule has 0 radical (unpaired) electrons. The standard InChI is InChI=1S/C19H19ClN2O4/c1-12-15(20)4-2-5-16(12)22-19(26)13-8-10-14(11-9-13)21-17(23)6-3-7-18(24)25/h2,4-5,8-11H,3,6-7H2,1H3,(H,21,23)(H,22,26)(H,24,25). The predicted molar refractivity (Wildman–Crippen MR) is 101 cm³/mol. The maximum Gasteiger partial charge on any atom is 0.303 e. The lowest BCUT2D eigenvalue weighted by atomic mass is 10.1. The molecule has 3 N–H and O–H groups in total. The number of carbonyl (C=O) groups excluding carboxylic acids is 2. The van der Waals surface area contributed by atoms with Crippen LogP contribution in [0.3, 0.4) is 0 Å². The Morgan fingerprint density at radius 1 is 1.00 bits per heavy atom. The largest absolute Gasteiger partial charge is 0.481 e. The quantitative estimate of drug-likeness (QED) is 0.680. The molecule has 0 aliphatic carbocycles. The summed E-state index contributed by atoms with van der Waals surface area (Å²) in [6.07, 6.45) is 0.360. The van der Waals surface area contributed by atoms with Crippen molar-refractivity contribution in [3.05, 3.63) is 58.6 Å². The van der Waals surface area contributed by atoms with Gasteiger partial charge in [-0.05, 0) is 55.3 Å². The minimum Gasteiger partial charge on any atom is -0.481 e. The highest BCUT2D eigenvalue weighted by atomic mass is 35.5. The van der Waals surface area contributed by atoms with Crippen molar-refractivity contribution in [2.45, 2.75) is 26.2 Å². The van der Waals surface area contributed by atoms with Crippen LogP contribution >= 0.6 is 11.6 Å². The molecule has 0 fully saturated rings. The minimum absolute atomic E-state index is 0.0462. The van der Waals surface area contributed by atoms with Gasteiger partial charge in [0.25, 0.3) is 5.91 Å². The number of benzene rings is 2. The Morgan fingerprint density at radius 3 is 2.35 bits per heavy atom. The monoisotopic (exact) mass is 374 g/mol. The van der Waals surface area contributed by atoms with E-state index in [1.54, 1.807) is 42.5 Å². The fourth-order valence-corrected chi connectivity index (χ4v) is 2.44. The average molecular weight is 375 g/mol. The van der Waals surface area contributed by atoms with Gasteiger partial charge in [0.15, 0.2) is 0 Å². The van der Waals surface area contributed by atoms with Gasteiger partial charge in [-0.15, -0.1) is 0 Å². The number of hydrogen-bond donors (Lipinski definition) is 3. The van der Waals surface area contributed by atoms with E-state index in [2.05, 4.69) is 10.6 Å². The van der Waals surface area contributed by atoms with E-state index < -0.39 is 5.97 Å². The molecule has 0 atom stereocenters. The lowest BCUT2D eigenvalue weighted by Crippen LogP contribution is -2.14. The summed E-state index contributed by atoms with van der Waals surface area (Å²) in [4.78, 5) is 34.5. The number of carbonyl (C=O) groups is 3. The zero-order chi connectivity index (χ0) is 19.1. The van der Waals surface area contributed by atoms with Crippen molar-refractivity contribution in [1.29, 1.82) is 0 Å². The maximum absolute atomic E-state index is 12.3. The number of aliphatic carboxylic acids is 1. The molecule has 0 unspecified atom stereocenters. The molecule has 0 aliphatic rings. The third-order valence-corrected chi connectivity index (χ3v) is 4.15. The van der Waals surface area contributed by atoms with Crippen LogP contribution < -0.4 is 10.6 Å². The molecule has 26 heavy (non-hydrogen) atoms. The first-order chi connectivity index (χ1) is 12.4. The van der Waals surface area contributed by atoms with Gasteiger partial charge in [0.05, 0.1) is 0 Å². The third kappa shape index (κ3) is 5.60. The molecule has 136 valence electrons. The molecule has 7 heteroatoms. The molecular formula is C19H19ClN2O4. The Kier molecular flexibility index (Phi) is 6.74. The molecule has 0 saturated heterocycles. The minimum atomic E-state index is -0.928. The summed E-state index contributed by atoms with van der Waals surface area (Å²) in [5.74, 6) is -1.48. The van der Waals surface area contributed by atoms with Crippen molar-refractivity contribution in [3.63, 3.8) is 0 Å². The second kappa shape index (κ2) is 9.01.